The van der Waals surface area contributed by atoms with Gasteiger partial charge in [-0.3, -0.25) is 19.7 Å². The number of fused-ring (bicyclic) bond motifs is 1. The van der Waals surface area contributed by atoms with Gasteiger partial charge in [0.05, 0.1) is 4.70 Å². The van der Waals surface area contributed by atoms with Gasteiger partial charge < -0.3 is 10.1 Å². The molecule has 150 valence electrons. The number of rotatable bonds is 6. The molecule has 1 aromatic heterocycles. The monoisotopic (exact) mass is 423 g/mol. The van der Waals surface area contributed by atoms with E-state index in [2.05, 4.69) is 15.6 Å². The number of carbonyl (C=O) groups excluding carboxylic acids is 3. The molecule has 0 aliphatic rings. The lowest BCUT2D eigenvalue weighted by Gasteiger charge is -2.06. The highest BCUT2D eigenvalue weighted by atomic mass is 32.1. The van der Waals surface area contributed by atoms with Crippen LogP contribution in [0.25, 0.3) is 10.2 Å². The van der Waals surface area contributed by atoms with E-state index in [1.807, 2.05) is 0 Å². The molecule has 11 heteroatoms. The number of benzene rings is 2. The van der Waals surface area contributed by atoms with Crippen LogP contribution in [0.1, 0.15) is 10.4 Å². The Bertz CT molecular complexity index is 1090. The van der Waals surface area contributed by atoms with Gasteiger partial charge >= 0.3 is 5.97 Å². The molecule has 0 radical (unpaired) electrons. The number of aromatic nitrogens is 1. The van der Waals surface area contributed by atoms with Gasteiger partial charge in [0, 0.05) is 5.56 Å². The lowest BCUT2D eigenvalue weighted by molar-refractivity contribution is -0.146. The molecular weight excluding hydrogens is 411 g/mol. The number of nitrogens with one attached hydrogen (secondary N) is 2. The van der Waals surface area contributed by atoms with Crippen LogP contribution in [0.3, 0.4) is 0 Å². The summed E-state index contributed by atoms with van der Waals surface area (Å²) in [5.74, 6) is -6.63. The maximum Gasteiger partial charge on any atom is 0.325 e. The Morgan fingerprint density at radius 2 is 1.79 bits per heavy atom. The molecule has 0 aliphatic heterocycles. The second kappa shape index (κ2) is 8.69. The first kappa shape index (κ1) is 20.3. The fourth-order valence-corrected chi connectivity index (χ4v) is 3.13. The predicted octanol–water partition coefficient (Wildman–Crippen LogP) is 2.63. The number of amides is 2. The van der Waals surface area contributed by atoms with Crippen molar-refractivity contribution in [2.75, 3.05) is 18.5 Å². The zero-order chi connectivity index (χ0) is 21.0. The van der Waals surface area contributed by atoms with Gasteiger partial charge in [-0.05, 0) is 18.2 Å². The maximum atomic E-state index is 13.6. The molecule has 2 amide bonds. The lowest BCUT2D eigenvalue weighted by atomic mass is 10.2. The fourth-order valence-electron chi connectivity index (χ4n) is 2.22. The fraction of sp³-hybridized carbons (Fsp3) is 0.111. The predicted molar refractivity (Wildman–Crippen MR) is 97.9 cm³/mol. The van der Waals surface area contributed by atoms with Crippen molar-refractivity contribution >= 4 is 44.5 Å². The lowest BCUT2D eigenvalue weighted by Crippen LogP contribution is -2.32. The Hall–Kier alpha value is -3.47. The number of halogens is 3. The molecule has 29 heavy (non-hydrogen) atoms. The molecule has 0 atom stereocenters. The summed E-state index contributed by atoms with van der Waals surface area (Å²) in [4.78, 5) is 38.9. The minimum Gasteiger partial charge on any atom is -0.454 e. The van der Waals surface area contributed by atoms with Crippen molar-refractivity contribution in [3.63, 3.8) is 0 Å². The molecule has 2 aromatic carbocycles. The van der Waals surface area contributed by atoms with Crippen molar-refractivity contribution < 1.29 is 32.3 Å². The van der Waals surface area contributed by atoms with Crippen LogP contribution in [-0.4, -0.2) is 35.9 Å². The van der Waals surface area contributed by atoms with Crippen molar-refractivity contribution in [1.29, 1.82) is 0 Å². The number of carbonyl (C=O) groups is 3. The third-order valence-corrected chi connectivity index (χ3v) is 4.48. The standard InChI is InChI=1S/C18H12F3N3O4S/c19-10-6-11-16(15(21)14(10)20)24-18(29-11)23-12(25)8-28-13(26)7-22-17(27)9-4-2-1-3-5-9/h1-6H,7-8H2,(H,22,27)(H,23,24,25). The van der Waals surface area contributed by atoms with Crippen LogP contribution in [0, 0.1) is 17.5 Å². The summed E-state index contributed by atoms with van der Waals surface area (Å²) in [6.07, 6.45) is 0. The molecule has 0 bridgehead atoms. The zero-order valence-electron chi connectivity index (χ0n) is 14.5. The van der Waals surface area contributed by atoms with Gasteiger partial charge in [0.25, 0.3) is 11.8 Å². The van der Waals surface area contributed by atoms with E-state index in [9.17, 15) is 27.6 Å². The summed E-state index contributed by atoms with van der Waals surface area (Å²) in [6.45, 7) is -1.15. The van der Waals surface area contributed by atoms with Crippen LogP contribution in [0.15, 0.2) is 36.4 Å². The Morgan fingerprint density at radius 3 is 2.52 bits per heavy atom. The summed E-state index contributed by atoms with van der Waals surface area (Å²) in [7, 11) is 0. The quantitative estimate of drug-likeness (QED) is 0.469. The van der Waals surface area contributed by atoms with Crippen LogP contribution in [-0.2, 0) is 14.3 Å². The molecule has 0 unspecified atom stereocenters. The van der Waals surface area contributed by atoms with Crippen LogP contribution in [0.2, 0.25) is 0 Å². The highest BCUT2D eigenvalue weighted by Gasteiger charge is 2.18. The first-order valence-electron chi connectivity index (χ1n) is 8.08. The van der Waals surface area contributed by atoms with Crippen molar-refractivity contribution in [1.82, 2.24) is 10.3 Å². The number of ether oxygens (including phenoxy) is 1. The molecule has 0 saturated carbocycles. The van der Waals surface area contributed by atoms with Crippen LogP contribution >= 0.6 is 11.3 Å². The van der Waals surface area contributed by atoms with Gasteiger partial charge in [-0.25, -0.2) is 18.2 Å². The topological polar surface area (TPSA) is 97.4 Å². The summed E-state index contributed by atoms with van der Waals surface area (Å²) < 4.78 is 44.8. The molecule has 0 saturated heterocycles. The van der Waals surface area contributed by atoms with Gasteiger partial charge in [-0.15, -0.1) is 0 Å². The summed E-state index contributed by atoms with van der Waals surface area (Å²) >= 11 is 0.721. The van der Waals surface area contributed by atoms with Crippen LogP contribution in [0.4, 0.5) is 18.3 Å². The van der Waals surface area contributed by atoms with Gasteiger partial charge in [-0.2, -0.15) is 0 Å². The average molecular weight is 423 g/mol. The second-order valence-corrected chi connectivity index (χ2v) is 6.64. The molecule has 3 rings (SSSR count). The van der Waals surface area contributed by atoms with Crippen molar-refractivity contribution in [3.8, 4) is 0 Å². The highest BCUT2D eigenvalue weighted by Crippen LogP contribution is 2.30. The molecule has 0 spiro atoms. The van der Waals surface area contributed by atoms with E-state index in [4.69, 9.17) is 4.74 Å². The summed E-state index contributed by atoms with van der Waals surface area (Å²) in [5, 5.41) is 4.45. The Kier molecular flexibility index (Phi) is 6.07. The first-order valence-corrected chi connectivity index (χ1v) is 8.89. The van der Waals surface area contributed by atoms with Crippen LogP contribution in [0.5, 0.6) is 0 Å². The second-order valence-electron chi connectivity index (χ2n) is 5.61. The molecular formula is C18H12F3N3O4S. The summed E-state index contributed by atoms with van der Waals surface area (Å²) in [6, 6.07) is 8.94. The van der Waals surface area contributed by atoms with E-state index in [1.165, 1.54) is 0 Å². The number of nitrogens with zero attached hydrogens (tertiary/aromatic N) is 1. The van der Waals surface area contributed by atoms with Crippen molar-refractivity contribution in [2.24, 2.45) is 0 Å². The molecule has 1 heterocycles. The zero-order valence-corrected chi connectivity index (χ0v) is 15.3. The number of esters is 1. The highest BCUT2D eigenvalue weighted by molar-refractivity contribution is 7.22. The maximum absolute atomic E-state index is 13.6. The van der Waals surface area contributed by atoms with E-state index in [-0.39, 0.29) is 9.83 Å². The van der Waals surface area contributed by atoms with E-state index in [0.717, 1.165) is 17.4 Å². The smallest absolute Gasteiger partial charge is 0.325 e. The minimum atomic E-state index is -1.66. The largest absolute Gasteiger partial charge is 0.454 e. The SMILES string of the molecule is O=C(COC(=O)CNC(=O)c1ccccc1)Nc1nc2c(F)c(F)c(F)cc2s1. The van der Waals surface area contributed by atoms with Crippen molar-refractivity contribution in [3.05, 3.63) is 59.4 Å². The number of hydrogen-bond acceptors (Lipinski definition) is 6. The molecule has 7 nitrogen and oxygen atoms in total. The average Bonchev–Trinajstić information content (AvgIpc) is 3.11. The van der Waals surface area contributed by atoms with Crippen LogP contribution < -0.4 is 10.6 Å². The van der Waals surface area contributed by atoms with Crippen molar-refractivity contribution in [2.45, 2.75) is 0 Å². The minimum absolute atomic E-state index is 0.00248. The summed E-state index contributed by atoms with van der Waals surface area (Å²) in [5.41, 5.74) is -0.0706. The first-order chi connectivity index (χ1) is 13.8. The van der Waals surface area contributed by atoms with E-state index in [0.29, 0.717) is 5.56 Å². The number of anilines is 1. The van der Waals surface area contributed by atoms with Gasteiger partial charge in [-0.1, -0.05) is 29.5 Å². The Morgan fingerprint density at radius 1 is 1.07 bits per heavy atom. The van der Waals surface area contributed by atoms with Gasteiger partial charge in [0.1, 0.15) is 12.1 Å². The number of thiazole rings is 1. The number of hydrogen-bond donors (Lipinski definition) is 2. The van der Waals surface area contributed by atoms with E-state index >= 15 is 0 Å². The van der Waals surface area contributed by atoms with Gasteiger partial charge in [0.15, 0.2) is 29.2 Å². The van der Waals surface area contributed by atoms with E-state index < -0.39 is 53.9 Å². The Balaban J connectivity index is 1.49. The van der Waals surface area contributed by atoms with E-state index in [1.54, 1.807) is 30.3 Å². The van der Waals surface area contributed by atoms with Gasteiger partial charge in [0.2, 0.25) is 0 Å². The third kappa shape index (κ3) is 4.88. The molecule has 2 N–H and O–H groups in total. The molecule has 0 aliphatic carbocycles. The molecule has 3 aromatic rings. The third-order valence-electron chi connectivity index (χ3n) is 3.56. The normalized spacial score (nSPS) is 10.6. The Labute approximate surface area is 165 Å². The molecule has 0 fully saturated rings.